The molecule has 0 saturated carbocycles. The molecule has 2 bridgehead atoms. The zero-order chi connectivity index (χ0) is 15.1. The first-order chi connectivity index (χ1) is 10.7. The summed E-state index contributed by atoms with van der Waals surface area (Å²) in [5, 5.41) is 4.35. The maximum Gasteiger partial charge on any atom is 0.345 e. The maximum absolute atomic E-state index is 12.6. The van der Waals surface area contributed by atoms with E-state index in [2.05, 4.69) is 5.32 Å². The van der Waals surface area contributed by atoms with Gasteiger partial charge in [0.05, 0.1) is 6.04 Å². The van der Waals surface area contributed by atoms with Crippen molar-refractivity contribution in [2.45, 2.75) is 31.5 Å². The minimum atomic E-state index is -0.317. The van der Waals surface area contributed by atoms with Gasteiger partial charge in [0.15, 0.2) is 0 Å². The summed E-state index contributed by atoms with van der Waals surface area (Å²) in [6.07, 6.45) is 1.78. The summed E-state index contributed by atoms with van der Waals surface area (Å²) in [5.74, 6) is 0.231. The maximum atomic E-state index is 12.6. The second-order valence-electron chi connectivity index (χ2n) is 6.19. The van der Waals surface area contributed by atoms with Crippen molar-refractivity contribution < 1.29 is 14.4 Å². The van der Waals surface area contributed by atoms with Gasteiger partial charge in [-0.05, 0) is 24.3 Å². The molecule has 3 atom stereocenters. The van der Waals surface area contributed by atoms with E-state index in [1.165, 1.54) is 5.06 Å². The van der Waals surface area contributed by atoms with E-state index >= 15 is 0 Å². The molecule has 6 nitrogen and oxygen atoms in total. The summed E-state index contributed by atoms with van der Waals surface area (Å²) in [6, 6.07) is 9.36. The first-order valence-electron chi connectivity index (χ1n) is 7.78. The fourth-order valence-electron chi connectivity index (χ4n) is 3.79. The van der Waals surface area contributed by atoms with Gasteiger partial charge >= 0.3 is 6.03 Å². The van der Waals surface area contributed by atoms with E-state index < -0.39 is 0 Å². The summed E-state index contributed by atoms with van der Waals surface area (Å²) in [7, 11) is 0. The van der Waals surface area contributed by atoms with Gasteiger partial charge < -0.3 is 10.2 Å². The summed E-state index contributed by atoms with van der Waals surface area (Å²) < 4.78 is 0. The van der Waals surface area contributed by atoms with E-state index in [0.717, 1.165) is 18.4 Å². The molecule has 3 heterocycles. The third kappa shape index (κ3) is 2.14. The smallest absolute Gasteiger partial charge is 0.345 e. The average Bonchev–Trinajstić information content (AvgIpc) is 2.78. The van der Waals surface area contributed by atoms with Crippen molar-refractivity contribution in [2.24, 2.45) is 5.92 Å². The Bertz CT molecular complexity index is 592. The Morgan fingerprint density at radius 2 is 2.05 bits per heavy atom. The number of nitrogens with one attached hydrogen (secondary N) is 1. The highest BCUT2D eigenvalue weighted by Gasteiger charge is 2.53. The molecule has 3 aliphatic rings. The van der Waals surface area contributed by atoms with Crippen LogP contribution in [0.15, 0.2) is 30.3 Å². The zero-order valence-electron chi connectivity index (χ0n) is 12.3. The monoisotopic (exact) mass is 301 g/mol. The molecule has 116 valence electrons. The van der Waals surface area contributed by atoms with Crippen molar-refractivity contribution in [3.63, 3.8) is 0 Å². The largest absolute Gasteiger partial charge is 0.354 e. The lowest BCUT2D eigenvalue weighted by molar-refractivity contribution is -0.143. The highest BCUT2D eigenvalue weighted by Crippen LogP contribution is 2.37. The summed E-state index contributed by atoms with van der Waals surface area (Å²) in [4.78, 5) is 32.1. The summed E-state index contributed by atoms with van der Waals surface area (Å²) >= 11 is 0. The molecule has 1 aromatic carbocycles. The SMILES string of the molecule is O=C1NCC[C@@H]2C[C@@H]3CN(C(=O)N3OCc3ccccc3)[C@H]12. The molecular formula is C16H19N3O3. The van der Waals surface area contributed by atoms with Crippen molar-refractivity contribution in [1.82, 2.24) is 15.3 Å². The average molecular weight is 301 g/mol. The molecule has 0 aliphatic carbocycles. The second-order valence-corrected chi connectivity index (χ2v) is 6.19. The Hall–Kier alpha value is -2.08. The number of hydroxylamine groups is 2. The molecule has 3 amide bonds. The molecule has 3 fully saturated rings. The summed E-state index contributed by atoms with van der Waals surface area (Å²) in [5.41, 5.74) is 1.03. The Balaban J connectivity index is 1.49. The Morgan fingerprint density at radius 3 is 2.86 bits per heavy atom. The number of carbonyl (C=O) groups is 2. The van der Waals surface area contributed by atoms with Crippen molar-refractivity contribution in [2.75, 3.05) is 13.1 Å². The lowest BCUT2D eigenvalue weighted by atomic mass is 9.83. The van der Waals surface area contributed by atoms with E-state index in [1.54, 1.807) is 4.90 Å². The van der Waals surface area contributed by atoms with Crippen LogP contribution < -0.4 is 5.32 Å². The third-order valence-corrected chi connectivity index (χ3v) is 4.83. The van der Waals surface area contributed by atoms with E-state index in [9.17, 15) is 9.59 Å². The van der Waals surface area contributed by atoms with Crippen LogP contribution in [0.25, 0.3) is 0 Å². The van der Waals surface area contributed by atoms with Crippen molar-refractivity contribution >= 4 is 11.9 Å². The minimum absolute atomic E-state index is 0.0204. The van der Waals surface area contributed by atoms with Crippen LogP contribution in [0.2, 0.25) is 0 Å². The molecule has 0 spiro atoms. The normalized spacial score (nSPS) is 30.3. The molecule has 0 radical (unpaired) electrons. The van der Waals surface area contributed by atoms with Gasteiger partial charge in [-0.3, -0.25) is 9.63 Å². The predicted molar refractivity (Wildman–Crippen MR) is 78.5 cm³/mol. The predicted octanol–water partition coefficient (Wildman–Crippen LogP) is 1.13. The molecule has 0 aromatic heterocycles. The van der Waals surface area contributed by atoms with E-state index in [1.807, 2.05) is 30.3 Å². The van der Waals surface area contributed by atoms with Crippen LogP contribution in [0.3, 0.4) is 0 Å². The van der Waals surface area contributed by atoms with Gasteiger partial charge in [-0.15, -0.1) is 0 Å². The number of benzene rings is 1. The summed E-state index contributed by atoms with van der Waals surface area (Å²) in [6.45, 7) is 1.67. The molecule has 0 unspecified atom stereocenters. The third-order valence-electron chi connectivity index (χ3n) is 4.83. The zero-order valence-corrected chi connectivity index (χ0v) is 12.3. The van der Waals surface area contributed by atoms with Crippen molar-refractivity contribution in [3.8, 4) is 0 Å². The molecule has 3 aliphatic heterocycles. The van der Waals surface area contributed by atoms with E-state index in [0.29, 0.717) is 19.7 Å². The van der Waals surface area contributed by atoms with Crippen LogP contribution in [-0.4, -0.2) is 47.1 Å². The number of nitrogens with zero attached hydrogens (tertiary/aromatic N) is 2. The van der Waals surface area contributed by atoms with Gasteiger partial charge in [0, 0.05) is 13.1 Å². The first-order valence-corrected chi connectivity index (χ1v) is 7.78. The Morgan fingerprint density at radius 1 is 1.23 bits per heavy atom. The topological polar surface area (TPSA) is 61.9 Å². The Kier molecular flexibility index (Phi) is 3.26. The number of amides is 3. The lowest BCUT2D eigenvalue weighted by Gasteiger charge is -2.39. The lowest BCUT2D eigenvalue weighted by Crippen LogP contribution is -2.58. The van der Waals surface area contributed by atoms with Crippen molar-refractivity contribution in [1.29, 1.82) is 0 Å². The highest BCUT2D eigenvalue weighted by molar-refractivity contribution is 5.89. The van der Waals surface area contributed by atoms with E-state index in [4.69, 9.17) is 4.84 Å². The number of rotatable bonds is 3. The number of fused-ring (bicyclic) bond motifs is 4. The van der Waals surface area contributed by atoms with Gasteiger partial charge in [-0.2, -0.15) is 5.06 Å². The van der Waals surface area contributed by atoms with Crippen molar-refractivity contribution in [3.05, 3.63) is 35.9 Å². The van der Waals surface area contributed by atoms with E-state index in [-0.39, 0.29) is 29.9 Å². The molecule has 22 heavy (non-hydrogen) atoms. The number of piperidine rings is 2. The number of carbonyl (C=O) groups excluding carboxylic acids is 2. The molecule has 1 aromatic rings. The second kappa shape index (κ2) is 5.28. The van der Waals surface area contributed by atoms with Gasteiger partial charge in [-0.25, -0.2) is 4.79 Å². The van der Waals surface area contributed by atoms with Gasteiger partial charge in [-0.1, -0.05) is 30.3 Å². The first kappa shape index (κ1) is 13.6. The van der Waals surface area contributed by atoms with Gasteiger partial charge in [0.25, 0.3) is 0 Å². The quantitative estimate of drug-likeness (QED) is 0.910. The molecule has 3 saturated heterocycles. The molecule has 1 N–H and O–H groups in total. The number of hydrogen-bond donors (Lipinski definition) is 1. The van der Waals surface area contributed by atoms with Crippen LogP contribution in [0, 0.1) is 5.92 Å². The standard InChI is InChI=1S/C16H19N3O3/c20-15-14-12(6-7-17-15)8-13-9-18(14)16(21)19(13)22-10-11-4-2-1-3-5-11/h1-5,12-14H,6-10H2,(H,17,20)/t12-,13-,14+/m1/s1. The van der Waals surface area contributed by atoms with Crippen LogP contribution >= 0.6 is 0 Å². The fourth-order valence-corrected chi connectivity index (χ4v) is 3.79. The molecular weight excluding hydrogens is 282 g/mol. The van der Waals surface area contributed by atoms with Crippen LogP contribution in [0.1, 0.15) is 18.4 Å². The number of hydrogen-bond acceptors (Lipinski definition) is 3. The highest BCUT2D eigenvalue weighted by atomic mass is 16.7. The molecule has 6 heteroatoms. The van der Waals surface area contributed by atoms with Gasteiger partial charge in [0.1, 0.15) is 12.6 Å². The Labute approximate surface area is 129 Å². The van der Waals surface area contributed by atoms with Crippen LogP contribution in [-0.2, 0) is 16.2 Å². The number of urea groups is 1. The minimum Gasteiger partial charge on any atom is -0.354 e. The van der Waals surface area contributed by atoms with Crippen LogP contribution in [0.4, 0.5) is 4.79 Å². The van der Waals surface area contributed by atoms with Crippen LogP contribution in [0.5, 0.6) is 0 Å². The fraction of sp³-hybridized carbons (Fsp3) is 0.500. The van der Waals surface area contributed by atoms with Gasteiger partial charge in [0.2, 0.25) is 5.91 Å². The molecule has 4 rings (SSSR count).